The van der Waals surface area contributed by atoms with Gasteiger partial charge in [-0.2, -0.15) is 4.31 Å². The summed E-state index contributed by atoms with van der Waals surface area (Å²) in [6.45, 7) is 2.58. The monoisotopic (exact) mass is 386 g/mol. The van der Waals surface area contributed by atoms with E-state index in [0.717, 1.165) is 25.1 Å². The highest BCUT2D eigenvalue weighted by Crippen LogP contribution is 2.24. The van der Waals surface area contributed by atoms with Crippen LogP contribution >= 0.6 is 0 Å². The van der Waals surface area contributed by atoms with Gasteiger partial charge in [0.25, 0.3) is 0 Å². The largest absolute Gasteiger partial charge is 0.284 e. The summed E-state index contributed by atoms with van der Waals surface area (Å²) in [7, 11) is -3.27. The highest BCUT2D eigenvalue weighted by atomic mass is 32.2. The Balaban J connectivity index is 1.31. The maximum absolute atomic E-state index is 12.7. The Morgan fingerprint density at radius 1 is 0.852 bits per heavy atom. The van der Waals surface area contributed by atoms with Crippen LogP contribution in [0.2, 0.25) is 0 Å². The molecule has 0 aliphatic carbocycles. The molecule has 4 rings (SSSR count). The molecule has 0 radical (unpaired) electrons. The molecule has 2 saturated heterocycles. The van der Waals surface area contributed by atoms with Crippen LogP contribution in [0, 0.1) is 0 Å². The van der Waals surface area contributed by atoms with E-state index in [1.807, 2.05) is 36.4 Å². The number of piperazine rings is 1. The second-order valence-electron chi connectivity index (χ2n) is 7.18. The lowest BCUT2D eigenvalue weighted by molar-refractivity contribution is 0.123. The lowest BCUT2D eigenvalue weighted by Gasteiger charge is -2.37. The number of sulfonamides is 1. The first-order valence-corrected chi connectivity index (χ1v) is 11.0. The quantitative estimate of drug-likeness (QED) is 0.819. The molecule has 144 valence electrons. The van der Waals surface area contributed by atoms with Crippen LogP contribution in [0.15, 0.2) is 60.7 Å². The van der Waals surface area contributed by atoms with E-state index in [-0.39, 0.29) is 18.0 Å². The molecule has 0 aromatic heterocycles. The van der Waals surface area contributed by atoms with Crippen LogP contribution in [0.3, 0.4) is 0 Å². The smallest absolute Gasteiger partial charge is 0.218 e. The van der Waals surface area contributed by atoms with E-state index in [1.165, 1.54) is 5.56 Å². The molecular formula is C20H26N4O2S. The molecule has 0 amide bonds. The number of benzene rings is 2. The van der Waals surface area contributed by atoms with Crippen LogP contribution in [0.5, 0.6) is 0 Å². The Morgan fingerprint density at radius 2 is 1.48 bits per heavy atom. The lowest BCUT2D eigenvalue weighted by atomic mass is 10.0. The summed E-state index contributed by atoms with van der Waals surface area (Å²) in [4.78, 5) is 2.34. The van der Waals surface area contributed by atoms with Gasteiger partial charge in [0.15, 0.2) is 0 Å². The third kappa shape index (κ3) is 4.39. The summed E-state index contributed by atoms with van der Waals surface area (Å²) >= 11 is 0. The molecule has 2 aliphatic rings. The Labute approximate surface area is 161 Å². The van der Waals surface area contributed by atoms with E-state index >= 15 is 0 Å². The highest BCUT2D eigenvalue weighted by molar-refractivity contribution is 7.88. The van der Waals surface area contributed by atoms with Crippen molar-refractivity contribution in [3.63, 3.8) is 0 Å². The van der Waals surface area contributed by atoms with Crippen molar-refractivity contribution in [1.82, 2.24) is 20.1 Å². The maximum Gasteiger partial charge on any atom is 0.218 e. The van der Waals surface area contributed by atoms with Crippen molar-refractivity contribution in [2.45, 2.75) is 24.4 Å². The first-order chi connectivity index (χ1) is 13.1. The number of hydrogen-bond acceptors (Lipinski definition) is 5. The molecule has 2 heterocycles. The number of hydrazine groups is 1. The summed E-state index contributed by atoms with van der Waals surface area (Å²) in [5.41, 5.74) is 8.86. The van der Waals surface area contributed by atoms with Gasteiger partial charge in [-0.15, -0.1) is 0 Å². The van der Waals surface area contributed by atoms with Gasteiger partial charge in [-0.3, -0.25) is 4.90 Å². The summed E-state index contributed by atoms with van der Waals surface area (Å²) in [5, 5.41) is 0. The Morgan fingerprint density at radius 3 is 2.15 bits per heavy atom. The van der Waals surface area contributed by atoms with Crippen molar-refractivity contribution in [3.8, 4) is 0 Å². The Kier molecular flexibility index (Phi) is 5.56. The molecule has 0 bridgehead atoms. The summed E-state index contributed by atoms with van der Waals surface area (Å²) < 4.78 is 27.0. The van der Waals surface area contributed by atoms with E-state index in [1.54, 1.807) is 4.31 Å². The molecule has 2 aliphatic heterocycles. The third-order valence-corrected chi connectivity index (χ3v) is 7.23. The minimum Gasteiger partial charge on any atom is -0.284 e. The van der Waals surface area contributed by atoms with Gasteiger partial charge in [0.2, 0.25) is 10.0 Å². The first-order valence-electron chi connectivity index (χ1n) is 9.44. The normalized spacial score (nSPS) is 24.9. The van der Waals surface area contributed by atoms with E-state index in [2.05, 4.69) is 40.0 Å². The molecule has 6 nitrogen and oxygen atoms in total. The fraction of sp³-hybridized carbons (Fsp3) is 0.400. The van der Waals surface area contributed by atoms with Gasteiger partial charge in [-0.1, -0.05) is 60.7 Å². The average molecular weight is 387 g/mol. The van der Waals surface area contributed by atoms with Crippen LogP contribution in [0.1, 0.15) is 23.6 Å². The van der Waals surface area contributed by atoms with Crippen molar-refractivity contribution < 1.29 is 8.42 Å². The van der Waals surface area contributed by atoms with Crippen LogP contribution in [-0.4, -0.2) is 50.0 Å². The minimum atomic E-state index is -3.27. The third-order valence-electron chi connectivity index (χ3n) is 5.38. The zero-order valence-electron chi connectivity index (χ0n) is 15.3. The topological polar surface area (TPSA) is 64.7 Å². The molecule has 27 heavy (non-hydrogen) atoms. The van der Waals surface area contributed by atoms with Crippen molar-refractivity contribution >= 4 is 10.0 Å². The predicted octanol–water partition coefficient (Wildman–Crippen LogP) is 1.70. The van der Waals surface area contributed by atoms with Crippen LogP contribution in [0.4, 0.5) is 0 Å². The predicted molar refractivity (Wildman–Crippen MR) is 106 cm³/mol. The fourth-order valence-corrected chi connectivity index (χ4v) is 5.37. The maximum atomic E-state index is 12.7. The molecule has 2 N–H and O–H groups in total. The van der Waals surface area contributed by atoms with E-state index in [0.29, 0.717) is 13.1 Å². The summed E-state index contributed by atoms with van der Waals surface area (Å²) in [6.07, 6.45) is 1.20. The molecule has 2 unspecified atom stereocenters. The van der Waals surface area contributed by atoms with E-state index < -0.39 is 10.0 Å². The Bertz CT molecular complexity index is 837. The standard InChI is InChI=1S/C20H26N4O2S/c25-27(26,16-17-7-3-1-4-8-17)24-13-11-23(12-14-24)20-15-19(21-22-20)18-9-5-2-6-10-18/h1-10,19-22H,11-16H2. The molecule has 0 saturated carbocycles. The highest BCUT2D eigenvalue weighted by Gasteiger charge is 2.34. The van der Waals surface area contributed by atoms with Crippen LogP contribution in [-0.2, 0) is 15.8 Å². The number of nitrogens with zero attached hydrogens (tertiary/aromatic N) is 2. The van der Waals surface area contributed by atoms with Gasteiger partial charge in [0, 0.05) is 32.2 Å². The number of nitrogens with one attached hydrogen (secondary N) is 2. The van der Waals surface area contributed by atoms with E-state index in [9.17, 15) is 8.42 Å². The Hall–Kier alpha value is -1.77. The van der Waals surface area contributed by atoms with Gasteiger partial charge in [0.05, 0.1) is 11.9 Å². The molecule has 0 spiro atoms. The zero-order valence-corrected chi connectivity index (χ0v) is 16.1. The SMILES string of the molecule is O=S(=O)(Cc1ccccc1)N1CCN(C2CC(c3ccccc3)NN2)CC1. The van der Waals surface area contributed by atoms with Gasteiger partial charge in [-0.25, -0.2) is 19.3 Å². The number of hydrogen-bond donors (Lipinski definition) is 2. The lowest BCUT2D eigenvalue weighted by Crippen LogP contribution is -2.55. The second kappa shape index (κ2) is 8.08. The zero-order chi connectivity index (χ0) is 18.7. The number of rotatable bonds is 5. The van der Waals surface area contributed by atoms with Gasteiger partial charge < -0.3 is 0 Å². The summed E-state index contributed by atoms with van der Waals surface area (Å²) in [5.74, 6) is 0.0765. The molecule has 2 fully saturated rings. The fourth-order valence-electron chi connectivity index (χ4n) is 3.85. The van der Waals surface area contributed by atoms with Crippen molar-refractivity contribution in [1.29, 1.82) is 0 Å². The van der Waals surface area contributed by atoms with E-state index in [4.69, 9.17) is 0 Å². The second-order valence-corrected chi connectivity index (χ2v) is 9.15. The van der Waals surface area contributed by atoms with Crippen molar-refractivity contribution in [2.75, 3.05) is 26.2 Å². The molecule has 2 aromatic rings. The molecule has 2 aromatic carbocycles. The minimum absolute atomic E-state index is 0.0765. The van der Waals surface area contributed by atoms with Crippen molar-refractivity contribution in [2.24, 2.45) is 0 Å². The molecule has 7 heteroatoms. The average Bonchev–Trinajstić information content (AvgIpc) is 3.19. The van der Waals surface area contributed by atoms with Crippen LogP contribution in [0.25, 0.3) is 0 Å². The molecular weight excluding hydrogens is 360 g/mol. The van der Waals surface area contributed by atoms with Gasteiger partial charge >= 0.3 is 0 Å². The van der Waals surface area contributed by atoms with Crippen LogP contribution < -0.4 is 10.9 Å². The summed E-state index contributed by atoms with van der Waals surface area (Å²) in [6, 6.07) is 20.1. The first kappa shape index (κ1) is 18.6. The van der Waals surface area contributed by atoms with Crippen molar-refractivity contribution in [3.05, 3.63) is 71.8 Å². The van der Waals surface area contributed by atoms with Gasteiger partial charge in [0.1, 0.15) is 0 Å². The molecule has 2 atom stereocenters. The van der Waals surface area contributed by atoms with Gasteiger partial charge in [-0.05, 0) is 17.5 Å².